The van der Waals surface area contributed by atoms with Crippen LogP contribution in [0.1, 0.15) is 56.1 Å². The minimum Gasteiger partial charge on any atom is -0.346 e. The van der Waals surface area contributed by atoms with Crippen molar-refractivity contribution < 1.29 is 0 Å². The molecule has 0 saturated heterocycles. The summed E-state index contributed by atoms with van der Waals surface area (Å²) in [7, 11) is 0. The van der Waals surface area contributed by atoms with E-state index in [9.17, 15) is 0 Å². The van der Waals surface area contributed by atoms with E-state index in [2.05, 4.69) is 40.9 Å². The van der Waals surface area contributed by atoms with Gasteiger partial charge in [0, 0.05) is 25.0 Å². The van der Waals surface area contributed by atoms with Gasteiger partial charge < -0.3 is 10.3 Å². The maximum Gasteiger partial charge on any atom is 0.146 e. The second-order valence-electron chi connectivity index (χ2n) is 6.52. The largest absolute Gasteiger partial charge is 0.346 e. The average Bonchev–Trinajstić information content (AvgIpc) is 2.98. The van der Waals surface area contributed by atoms with E-state index in [1.165, 1.54) is 24.0 Å². The van der Waals surface area contributed by atoms with Gasteiger partial charge in [0.2, 0.25) is 0 Å². The van der Waals surface area contributed by atoms with Gasteiger partial charge in [-0.15, -0.1) is 0 Å². The van der Waals surface area contributed by atoms with Crippen molar-refractivity contribution in [3.05, 3.63) is 35.7 Å². The number of hydrogen-bond acceptors (Lipinski definition) is 3. The Morgan fingerprint density at radius 1 is 1.33 bits per heavy atom. The fourth-order valence-electron chi connectivity index (χ4n) is 3.12. The van der Waals surface area contributed by atoms with Crippen molar-refractivity contribution in [2.75, 3.05) is 0 Å². The van der Waals surface area contributed by atoms with Crippen molar-refractivity contribution in [1.82, 2.24) is 19.3 Å². The zero-order valence-electron chi connectivity index (χ0n) is 13.0. The molecule has 1 aliphatic carbocycles. The maximum absolute atomic E-state index is 6.28. The SMILES string of the molecule is CC(C)Cn1ncnc1Cn1cc2c(c1)C(N)CCCC2. The number of aromatic nitrogens is 4. The van der Waals surface area contributed by atoms with Crippen LogP contribution in [-0.2, 0) is 19.5 Å². The molecule has 114 valence electrons. The lowest BCUT2D eigenvalue weighted by Gasteiger charge is -2.09. The van der Waals surface area contributed by atoms with Crippen LogP contribution in [0.15, 0.2) is 18.7 Å². The normalized spacial score (nSPS) is 18.8. The summed E-state index contributed by atoms with van der Waals surface area (Å²) in [6, 6.07) is 0.192. The smallest absolute Gasteiger partial charge is 0.146 e. The van der Waals surface area contributed by atoms with Gasteiger partial charge in [0.25, 0.3) is 0 Å². The molecule has 0 saturated carbocycles. The molecule has 2 heterocycles. The zero-order valence-corrected chi connectivity index (χ0v) is 13.0. The minimum absolute atomic E-state index is 0.192. The topological polar surface area (TPSA) is 61.7 Å². The van der Waals surface area contributed by atoms with Gasteiger partial charge >= 0.3 is 0 Å². The summed E-state index contributed by atoms with van der Waals surface area (Å²) in [4.78, 5) is 4.41. The average molecular weight is 287 g/mol. The lowest BCUT2D eigenvalue weighted by atomic mass is 10.1. The Morgan fingerprint density at radius 2 is 2.19 bits per heavy atom. The van der Waals surface area contributed by atoms with Crippen LogP contribution in [0.5, 0.6) is 0 Å². The third kappa shape index (κ3) is 3.18. The lowest BCUT2D eigenvalue weighted by molar-refractivity contribution is 0.460. The number of rotatable bonds is 4. The molecule has 0 spiro atoms. The van der Waals surface area contributed by atoms with Crippen molar-refractivity contribution in [3.8, 4) is 0 Å². The Hall–Kier alpha value is -1.62. The van der Waals surface area contributed by atoms with Gasteiger partial charge in [0.15, 0.2) is 0 Å². The van der Waals surface area contributed by atoms with E-state index in [-0.39, 0.29) is 6.04 Å². The first-order valence-corrected chi connectivity index (χ1v) is 7.94. The van der Waals surface area contributed by atoms with Crippen LogP contribution in [0.3, 0.4) is 0 Å². The van der Waals surface area contributed by atoms with Crippen LogP contribution in [0.25, 0.3) is 0 Å². The highest BCUT2D eigenvalue weighted by molar-refractivity contribution is 5.29. The molecular formula is C16H25N5. The fraction of sp³-hybridized carbons (Fsp3) is 0.625. The monoisotopic (exact) mass is 287 g/mol. The Kier molecular flexibility index (Phi) is 4.10. The van der Waals surface area contributed by atoms with E-state index in [0.717, 1.165) is 31.8 Å². The second-order valence-corrected chi connectivity index (χ2v) is 6.52. The molecular weight excluding hydrogens is 262 g/mol. The van der Waals surface area contributed by atoms with Gasteiger partial charge in [-0.1, -0.05) is 20.3 Å². The summed E-state index contributed by atoms with van der Waals surface area (Å²) in [5.74, 6) is 1.59. The Balaban J connectivity index is 1.80. The molecule has 2 aromatic heterocycles. The lowest BCUT2D eigenvalue weighted by Crippen LogP contribution is -2.13. The van der Waals surface area contributed by atoms with Gasteiger partial charge in [-0.2, -0.15) is 5.10 Å². The van der Waals surface area contributed by atoms with Gasteiger partial charge in [-0.05, 0) is 36.3 Å². The Morgan fingerprint density at radius 3 is 3.00 bits per heavy atom. The molecule has 3 rings (SSSR count). The highest BCUT2D eigenvalue weighted by Gasteiger charge is 2.18. The molecule has 0 bridgehead atoms. The van der Waals surface area contributed by atoms with Crippen molar-refractivity contribution in [3.63, 3.8) is 0 Å². The Bertz CT molecular complexity index is 596. The van der Waals surface area contributed by atoms with Crippen LogP contribution in [0.2, 0.25) is 0 Å². The summed E-state index contributed by atoms with van der Waals surface area (Å²) in [5, 5.41) is 4.33. The summed E-state index contributed by atoms with van der Waals surface area (Å²) in [6.45, 7) is 6.08. The first-order valence-electron chi connectivity index (χ1n) is 7.94. The number of hydrogen-bond donors (Lipinski definition) is 1. The summed E-state index contributed by atoms with van der Waals surface area (Å²) in [6.07, 6.45) is 10.8. The maximum atomic E-state index is 6.28. The van der Waals surface area contributed by atoms with E-state index in [1.54, 1.807) is 6.33 Å². The standard InChI is InChI=1S/C16H25N5/c1-12(2)7-21-16(18-11-19-21)10-20-8-13-5-3-4-6-15(17)14(13)9-20/h8-9,11-12,15H,3-7,10,17H2,1-2H3. The first-order chi connectivity index (χ1) is 10.1. The molecule has 0 aliphatic heterocycles. The van der Waals surface area contributed by atoms with Crippen LogP contribution in [-0.4, -0.2) is 19.3 Å². The predicted octanol–water partition coefficient (Wildman–Crippen LogP) is 2.51. The molecule has 21 heavy (non-hydrogen) atoms. The number of nitrogens with zero attached hydrogens (tertiary/aromatic N) is 4. The van der Waals surface area contributed by atoms with Crippen molar-refractivity contribution >= 4 is 0 Å². The number of aryl methyl sites for hydroxylation is 1. The minimum atomic E-state index is 0.192. The third-order valence-corrected chi connectivity index (χ3v) is 4.17. The summed E-state index contributed by atoms with van der Waals surface area (Å²) < 4.78 is 4.23. The summed E-state index contributed by atoms with van der Waals surface area (Å²) in [5.41, 5.74) is 9.02. The molecule has 1 aliphatic rings. The highest BCUT2D eigenvalue weighted by Crippen LogP contribution is 2.27. The van der Waals surface area contributed by atoms with Gasteiger partial charge in [-0.25, -0.2) is 9.67 Å². The molecule has 0 radical (unpaired) electrons. The van der Waals surface area contributed by atoms with Crippen molar-refractivity contribution in [2.45, 2.75) is 58.7 Å². The van der Waals surface area contributed by atoms with Crippen LogP contribution in [0.4, 0.5) is 0 Å². The molecule has 2 N–H and O–H groups in total. The molecule has 0 amide bonds. The second kappa shape index (κ2) is 6.02. The third-order valence-electron chi connectivity index (χ3n) is 4.17. The molecule has 2 aromatic rings. The fourth-order valence-corrected chi connectivity index (χ4v) is 3.12. The quantitative estimate of drug-likeness (QED) is 0.879. The molecule has 5 heteroatoms. The summed E-state index contributed by atoms with van der Waals surface area (Å²) >= 11 is 0. The van der Waals surface area contributed by atoms with Crippen LogP contribution < -0.4 is 5.73 Å². The van der Waals surface area contributed by atoms with Gasteiger partial charge in [0.05, 0.1) is 6.54 Å². The molecule has 0 aromatic carbocycles. The van der Waals surface area contributed by atoms with E-state index < -0.39 is 0 Å². The van der Waals surface area contributed by atoms with E-state index >= 15 is 0 Å². The van der Waals surface area contributed by atoms with Crippen LogP contribution >= 0.6 is 0 Å². The van der Waals surface area contributed by atoms with Crippen molar-refractivity contribution in [1.29, 1.82) is 0 Å². The van der Waals surface area contributed by atoms with Crippen LogP contribution in [0, 0.1) is 5.92 Å². The Labute approximate surface area is 126 Å². The van der Waals surface area contributed by atoms with E-state index in [1.807, 2.05) is 4.68 Å². The molecule has 5 nitrogen and oxygen atoms in total. The van der Waals surface area contributed by atoms with E-state index in [0.29, 0.717) is 5.92 Å². The predicted molar refractivity (Wildman–Crippen MR) is 82.9 cm³/mol. The molecule has 1 unspecified atom stereocenters. The molecule has 1 atom stereocenters. The van der Waals surface area contributed by atoms with Gasteiger partial charge in [0.1, 0.15) is 12.2 Å². The van der Waals surface area contributed by atoms with E-state index in [4.69, 9.17) is 5.73 Å². The highest BCUT2D eigenvalue weighted by atomic mass is 15.3. The molecule has 0 fully saturated rings. The van der Waals surface area contributed by atoms with Gasteiger partial charge in [-0.3, -0.25) is 0 Å². The zero-order chi connectivity index (χ0) is 14.8. The number of nitrogens with two attached hydrogens (primary N) is 1. The first kappa shape index (κ1) is 14.3. The number of fused-ring (bicyclic) bond motifs is 1. The van der Waals surface area contributed by atoms with Crippen molar-refractivity contribution in [2.24, 2.45) is 11.7 Å².